The number of benzene rings is 1. The van der Waals surface area contributed by atoms with Gasteiger partial charge >= 0.3 is 0 Å². The molecular formula is C11H13FN2O5. The van der Waals surface area contributed by atoms with Crippen LogP contribution in [0.1, 0.15) is 17.3 Å². The van der Waals surface area contributed by atoms with Gasteiger partial charge in [0.1, 0.15) is 17.0 Å². The van der Waals surface area contributed by atoms with Crippen LogP contribution in [0.5, 0.6) is 0 Å². The van der Waals surface area contributed by atoms with E-state index in [1.165, 1.54) is 6.92 Å². The summed E-state index contributed by atoms with van der Waals surface area (Å²) in [6.07, 6.45) is 0. The largest absolute Gasteiger partial charge is 0.393 e. The third kappa shape index (κ3) is 3.97. The van der Waals surface area contributed by atoms with E-state index in [0.717, 1.165) is 12.1 Å². The van der Waals surface area contributed by atoms with Crippen LogP contribution in [0.15, 0.2) is 18.2 Å². The number of hydrogen-bond donors (Lipinski definition) is 3. The Morgan fingerprint density at radius 3 is 2.74 bits per heavy atom. The normalized spacial score (nSPS) is 13.7. The average Bonchev–Trinajstić information content (AvgIpc) is 2.36. The molecule has 8 heteroatoms. The molecular weight excluding hydrogens is 259 g/mol. The van der Waals surface area contributed by atoms with Crippen molar-refractivity contribution in [2.75, 3.05) is 13.2 Å². The minimum absolute atomic E-state index is 0.295. The number of aliphatic hydroxyl groups excluding tert-OH is 1. The summed E-state index contributed by atoms with van der Waals surface area (Å²) >= 11 is 0. The van der Waals surface area contributed by atoms with Gasteiger partial charge in [0.15, 0.2) is 0 Å². The number of nitrogens with one attached hydrogen (secondary N) is 1. The fourth-order valence-electron chi connectivity index (χ4n) is 1.27. The maximum atomic E-state index is 12.9. The van der Waals surface area contributed by atoms with Crippen LogP contribution in [0.4, 0.5) is 10.1 Å². The van der Waals surface area contributed by atoms with Gasteiger partial charge < -0.3 is 15.5 Å². The van der Waals surface area contributed by atoms with Crippen molar-refractivity contribution in [3.05, 3.63) is 39.7 Å². The van der Waals surface area contributed by atoms with E-state index in [-0.39, 0.29) is 12.1 Å². The van der Waals surface area contributed by atoms with Crippen molar-refractivity contribution in [1.82, 2.24) is 5.32 Å². The lowest BCUT2D eigenvalue weighted by atomic mass is 10.1. The van der Waals surface area contributed by atoms with E-state index in [0.29, 0.717) is 6.07 Å². The van der Waals surface area contributed by atoms with Gasteiger partial charge in [-0.25, -0.2) is 4.39 Å². The molecule has 104 valence electrons. The van der Waals surface area contributed by atoms with Crippen molar-refractivity contribution in [2.45, 2.75) is 12.5 Å². The smallest absolute Gasteiger partial charge is 0.285 e. The number of nitro benzene ring substituents is 1. The molecule has 0 saturated heterocycles. The SMILES string of the molecule is CC(O)(CO)CNC(=O)c1ccc(F)cc1[N+](=O)[O-]. The fraction of sp³-hybridized carbons (Fsp3) is 0.364. The molecule has 0 aliphatic heterocycles. The summed E-state index contributed by atoms with van der Waals surface area (Å²) < 4.78 is 12.9. The molecule has 19 heavy (non-hydrogen) atoms. The van der Waals surface area contributed by atoms with Crippen molar-refractivity contribution < 1.29 is 24.3 Å². The second-order valence-electron chi connectivity index (χ2n) is 4.26. The van der Waals surface area contributed by atoms with Crippen LogP contribution in [0.25, 0.3) is 0 Å². The highest BCUT2D eigenvalue weighted by molar-refractivity contribution is 5.98. The third-order valence-corrected chi connectivity index (χ3v) is 2.37. The van der Waals surface area contributed by atoms with Crippen molar-refractivity contribution in [3.63, 3.8) is 0 Å². The molecule has 0 aliphatic rings. The number of nitro groups is 1. The summed E-state index contributed by atoms with van der Waals surface area (Å²) in [5.41, 5.74) is -2.52. The van der Waals surface area contributed by atoms with E-state index < -0.39 is 34.5 Å². The molecule has 0 radical (unpaired) electrons. The molecule has 1 rings (SSSR count). The first kappa shape index (κ1) is 15.0. The van der Waals surface area contributed by atoms with E-state index in [1.807, 2.05) is 0 Å². The van der Waals surface area contributed by atoms with Crippen molar-refractivity contribution in [1.29, 1.82) is 0 Å². The van der Waals surface area contributed by atoms with Crippen molar-refractivity contribution >= 4 is 11.6 Å². The minimum atomic E-state index is -1.54. The van der Waals surface area contributed by atoms with Crippen LogP contribution in [0.3, 0.4) is 0 Å². The summed E-state index contributed by atoms with van der Waals surface area (Å²) in [7, 11) is 0. The molecule has 7 nitrogen and oxygen atoms in total. The van der Waals surface area contributed by atoms with Crippen LogP contribution >= 0.6 is 0 Å². The Morgan fingerprint density at radius 2 is 2.21 bits per heavy atom. The number of nitrogens with zero attached hydrogens (tertiary/aromatic N) is 1. The Labute approximate surface area is 107 Å². The van der Waals surface area contributed by atoms with Crippen LogP contribution in [0.2, 0.25) is 0 Å². The Bertz CT molecular complexity index is 504. The predicted molar refractivity (Wildman–Crippen MR) is 63.1 cm³/mol. The van der Waals surface area contributed by atoms with Gasteiger partial charge in [-0.05, 0) is 19.1 Å². The van der Waals surface area contributed by atoms with E-state index >= 15 is 0 Å². The number of carbonyl (C=O) groups excluding carboxylic acids is 1. The second-order valence-corrected chi connectivity index (χ2v) is 4.26. The zero-order valence-corrected chi connectivity index (χ0v) is 10.1. The maximum Gasteiger partial charge on any atom is 0.285 e. The van der Waals surface area contributed by atoms with Crippen LogP contribution in [0, 0.1) is 15.9 Å². The van der Waals surface area contributed by atoms with Gasteiger partial charge in [-0.1, -0.05) is 0 Å². The number of amides is 1. The first-order valence-electron chi connectivity index (χ1n) is 5.32. The monoisotopic (exact) mass is 272 g/mol. The quantitative estimate of drug-likeness (QED) is 0.523. The number of rotatable bonds is 5. The highest BCUT2D eigenvalue weighted by Gasteiger charge is 2.24. The van der Waals surface area contributed by atoms with Gasteiger partial charge in [-0.3, -0.25) is 14.9 Å². The minimum Gasteiger partial charge on any atom is -0.393 e. The lowest BCUT2D eigenvalue weighted by Gasteiger charge is -2.20. The standard InChI is InChI=1S/C11H13FN2O5/c1-11(17,6-15)5-13-10(16)8-3-2-7(12)4-9(8)14(18)19/h2-4,15,17H,5-6H2,1H3,(H,13,16). The van der Waals surface area contributed by atoms with Crippen molar-refractivity contribution in [3.8, 4) is 0 Å². The topological polar surface area (TPSA) is 113 Å². The summed E-state index contributed by atoms with van der Waals surface area (Å²) in [5.74, 6) is -1.66. The summed E-state index contributed by atoms with van der Waals surface area (Å²) in [5, 5.41) is 31.2. The first-order chi connectivity index (χ1) is 8.76. The fourth-order valence-corrected chi connectivity index (χ4v) is 1.27. The molecule has 3 N–H and O–H groups in total. The predicted octanol–water partition coefficient (Wildman–Crippen LogP) is 0.207. The summed E-state index contributed by atoms with van der Waals surface area (Å²) in [6, 6.07) is 2.54. The van der Waals surface area contributed by atoms with E-state index in [2.05, 4.69) is 5.32 Å². The molecule has 0 heterocycles. The number of hydrogen-bond acceptors (Lipinski definition) is 5. The number of halogens is 1. The first-order valence-corrected chi connectivity index (χ1v) is 5.32. The average molecular weight is 272 g/mol. The molecule has 0 aliphatic carbocycles. The highest BCUT2D eigenvalue weighted by Crippen LogP contribution is 2.19. The molecule has 0 aromatic heterocycles. The van der Waals surface area contributed by atoms with Gasteiger partial charge in [0, 0.05) is 6.54 Å². The molecule has 0 saturated carbocycles. The molecule has 0 bridgehead atoms. The highest BCUT2D eigenvalue weighted by atomic mass is 19.1. The maximum absolute atomic E-state index is 12.9. The van der Waals surface area contributed by atoms with Crippen LogP contribution < -0.4 is 5.32 Å². The molecule has 1 atom stereocenters. The summed E-state index contributed by atoms with van der Waals surface area (Å²) in [6.45, 7) is 0.405. The Kier molecular flexibility index (Phi) is 4.52. The number of carbonyl (C=O) groups is 1. The third-order valence-electron chi connectivity index (χ3n) is 2.37. The molecule has 1 amide bonds. The van der Waals surface area contributed by atoms with E-state index in [1.54, 1.807) is 0 Å². The number of aliphatic hydroxyl groups is 2. The van der Waals surface area contributed by atoms with Crippen LogP contribution in [-0.2, 0) is 0 Å². The molecule has 1 aromatic carbocycles. The second kappa shape index (κ2) is 5.72. The van der Waals surface area contributed by atoms with Gasteiger partial charge in [0.05, 0.1) is 17.6 Å². The van der Waals surface area contributed by atoms with Gasteiger partial charge in [0.2, 0.25) is 0 Å². The molecule has 1 aromatic rings. The Morgan fingerprint density at radius 1 is 1.58 bits per heavy atom. The molecule has 0 spiro atoms. The van der Waals surface area contributed by atoms with E-state index in [9.17, 15) is 24.4 Å². The summed E-state index contributed by atoms with van der Waals surface area (Å²) in [4.78, 5) is 21.5. The zero-order valence-electron chi connectivity index (χ0n) is 10.1. The molecule has 1 unspecified atom stereocenters. The van der Waals surface area contributed by atoms with E-state index in [4.69, 9.17) is 5.11 Å². The van der Waals surface area contributed by atoms with Gasteiger partial charge in [-0.15, -0.1) is 0 Å². The zero-order chi connectivity index (χ0) is 14.6. The van der Waals surface area contributed by atoms with Crippen LogP contribution in [-0.4, -0.2) is 39.8 Å². The lowest BCUT2D eigenvalue weighted by molar-refractivity contribution is -0.385. The van der Waals surface area contributed by atoms with Gasteiger partial charge in [0.25, 0.3) is 11.6 Å². The Balaban J connectivity index is 2.91. The van der Waals surface area contributed by atoms with Crippen molar-refractivity contribution in [2.24, 2.45) is 0 Å². The lowest BCUT2D eigenvalue weighted by Crippen LogP contribution is -2.43. The Hall–Kier alpha value is -2.06. The molecule has 0 fully saturated rings. The van der Waals surface area contributed by atoms with Gasteiger partial charge in [-0.2, -0.15) is 0 Å².